The highest BCUT2D eigenvalue weighted by molar-refractivity contribution is 6.87. The van der Waals surface area contributed by atoms with Crippen LogP contribution < -0.4 is 0 Å². The third-order valence-corrected chi connectivity index (χ3v) is 7.54. The van der Waals surface area contributed by atoms with Crippen LogP contribution in [-0.4, -0.2) is 14.4 Å². The van der Waals surface area contributed by atoms with Gasteiger partial charge >= 0.3 is 0 Å². The number of carbonyl (C=O) groups excluding carboxylic acids is 1. The molecule has 0 aromatic carbocycles. The molecule has 0 aliphatic rings. The molecule has 0 amide bonds. The van der Waals surface area contributed by atoms with E-state index in [-0.39, 0.29) is 0 Å². The Labute approximate surface area is 82.9 Å². The highest BCUT2D eigenvalue weighted by Gasteiger charge is 2.23. The Bertz CT molecular complexity index is 188. The Kier molecular flexibility index (Phi) is 6.62. The summed E-state index contributed by atoms with van der Waals surface area (Å²) in [5.41, 5.74) is 3.45. The molecule has 0 aliphatic heterocycles. The van der Waals surface area contributed by atoms with E-state index < -0.39 is 8.07 Å². The van der Waals surface area contributed by atoms with E-state index in [2.05, 4.69) is 32.2 Å². The first-order chi connectivity index (χ1) is 6.24. The number of carbonyl (C=O) groups is 1. The fourth-order valence-corrected chi connectivity index (χ4v) is 3.93. The number of aldehydes is 1. The van der Waals surface area contributed by atoms with Crippen LogP contribution in [0.25, 0.3) is 0 Å². The quantitative estimate of drug-likeness (QED) is 0.286. The van der Waals surface area contributed by atoms with E-state index in [0.717, 1.165) is 12.7 Å². The molecule has 0 unspecified atom stereocenters. The van der Waals surface area contributed by atoms with Crippen molar-refractivity contribution in [2.45, 2.75) is 51.7 Å². The lowest BCUT2D eigenvalue weighted by Crippen LogP contribution is -2.29. The fraction of sp³-hybridized carbons (Fsp3) is 0.727. The summed E-state index contributed by atoms with van der Waals surface area (Å²) in [4.78, 5) is 10.1. The normalized spacial score (nSPS) is 10.4. The molecule has 0 aromatic rings. The topological polar surface area (TPSA) is 17.1 Å². The molecule has 0 N–H and O–H groups in total. The minimum atomic E-state index is -1.24. The molecular weight excluding hydrogens is 176 g/mol. The predicted octanol–water partition coefficient (Wildman–Crippen LogP) is 3.02. The summed E-state index contributed by atoms with van der Waals surface area (Å²) in [6.07, 6.45) is 2.29. The standard InChI is InChI=1S/C11H20OSi/c1-4-13(5-2,6-3)11-9-7-8-10-12/h10H,4-8H2,1-3H3. The van der Waals surface area contributed by atoms with Crippen molar-refractivity contribution < 1.29 is 4.79 Å². The van der Waals surface area contributed by atoms with Crippen molar-refractivity contribution in [3.05, 3.63) is 0 Å². The van der Waals surface area contributed by atoms with Crippen molar-refractivity contribution in [1.29, 1.82) is 0 Å². The molecule has 0 aliphatic carbocycles. The average molecular weight is 196 g/mol. The van der Waals surface area contributed by atoms with Crippen molar-refractivity contribution in [2.24, 2.45) is 0 Å². The van der Waals surface area contributed by atoms with Crippen molar-refractivity contribution in [1.82, 2.24) is 0 Å². The third-order valence-electron chi connectivity index (χ3n) is 2.77. The molecule has 1 nitrogen and oxygen atoms in total. The zero-order valence-corrected chi connectivity index (χ0v) is 10.0. The lowest BCUT2D eigenvalue weighted by atomic mass is 10.3. The van der Waals surface area contributed by atoms with Crippen molar-refractivity contribution in [3.63, 3.8) is 0 Å². The number of unbranched alkanes of at least 4 members (excludes halogenated alkanes) is 1. The van der Waals surface area contributed by atoms with Crippen LogP contribution in [0.4, 0.5) is 0 Å². The Morgan fingerprint density at radius 2 is 1.69 bits per heavy atom. The summed E-state index contributed by atoms with van der Waals surface area (Å²) in [5, 5.41) is 0. The highest BCUT2D eigenvalue weighted by atomic mass is 28.3. The van der Waals surface area contributed by atoms with Crippen LogP contribution in [0.15, 0.2) is 0 Å². The molecule has 0 aromatic heterocycles. The summed E-state index contributed by atoms with van der Waals surface area (Å²) >= 11 is 0. The van der Waals surface area contributed by atoms with E-state index in [9.17, 15) is 4.79 Å². The Hall–Kier alpha value is -0.553. The molecule has 0 heterocycles. The second-order valence-electron chi connectivity index (χ2n) is 3.35. The van der Waals surface area contributed by atoms with Crippen LogP contribution >= 0.6 is 0 Å². The maximum Gasteiger partial charge on any atom is 0.137 e. The van der Waals surface area contributed by atoms with Gasteiger partial charge in [0.15, 0.2) is 0 Å². The highest BCUT2D eigenvalue weighted by Crippen LogP contribution is 2.18. The minimum Gasteiger partial charge on any atom is -0.303 e. The van der Waals surface area contributed by atoms with Gasteiger partial charge < -0.3 is 4.79 Å². The SMILES string of the molecule is CC[Si](C#CCCC=O)(CC)CC. The number of hydrogen-bond acceptors (Lipinski definition) is 1. The summed E-state index contributed by atoms with van der Waals surface area (Å²) in [6.45, 7) is 6.73. The van der Waals surface area contributed by atoms with Crippen molar-refractivity contribution in [3.8, 4) is 11.5 Å². The van der Waals surface area contributed by atoms with Gasteiger partial charge in [-0.2, -0.15) is 0 Å². The molecule has 0 radical (unpaired) electrons. The first-order valence-electron chi connectivity index (χ1n) is 5.18. The zero-order chi connectivity index (χ0) is 10.2. The van der Waals surface area contributed by atoms with E-state index in [0.29, 0.717) is 6.42 Å². The Morgan fingerprint density at radius 3 is 2.08 bits per heavy atom. The fourth-order valence-electron chi connectivity index (χ4n) is 1.40. The summed E-state index contributed by atoms with van der Waals surface area (Å²) in [6, 6.07) is 3.73. The monoisotopic (exact) mass is 196 g/mol. The molecule has 0 bridgehead atoms. The van der Waals surface area contributed by atoms with E-state index in [4.69, 9.17) is 0 Å². The largest absolute Gasteiger partial charge is 0.303 e. The van der Waals surface area contributed by atoms with Crippen LogP contribution in [0, 0.1) is 11.5 Å². The predicted molar refractivity (Wildman–Crippen MR) is 60.3 cm³/mol. The van der Waals surface area contributed by atoms with E-state index >= 15 is 0 Å². The molecular formula is C11H20OSi. The smallest absolute Gasteiger partial charge is 0.137 e. The van der Waals surface area contributed by atoms with Gasteiger partial charge in [0.1, 0.15) is 14.4 Å². The Morgan fingerprint density at radius 1 is 1.15 bits per heavy atom. The second-order valence-corrected chi connectivity index (χ2v) is 8.28. The number of rotatable bonds is 5. The van der Waals surface area contributed by atoms with Crippen molar-refractivity contribution >= 4 is 14.4 Å². The van der Waals surface area contributed by atoms with Gasteiger partial charge in [0.05, 0.1) is 0 Å². The van der Waals surface area contributed by atoms with E-state index in [1.165, 1.54) is 18.1 Å². The molecule has 0 saturated heterocycles. The molecule has 0 fully saturated rings. The van der Waals surface area contributed by atoms with Gasteiger partial charge in [-0.05, 0) is 18.1 Å². The Balaban J connectivity index is 4.19. The second kappa shape index (κ2) is 6.91. The van der Waals surface area contributed by atoms with Crippen LogP contribution in [0.3, 0.4) is 0 Å². The maximum absolute atomic E-state index is 10.1. The van der Waals surface area contributed by atoms with Gasteiger partial charge in [0.2, 0.25) is 0 Å². The molecule has 13 heavy (non-hydrogen) atoms. The summed E-state index contributed by atoms with van der Waals surface area (Å²) in [7, 11) is -1.24. The molecule has 0 atom stereocenters. The van der Waals surface area contributed by atoms with Gasteiger partial charge in [0.25, 0.3) is 0 Å². The van der Waals surface area contributed by atoms with E-state index in [1.807, 2.05) is 0 Å². The van der Waals surface area contributed by atoms with Gasteiger partial charge in [-0.15, -0.1) is 11.5 Å². The molecule has 0 saturated carbocycles. The molecule has 0 spiro atoms. The van der Waals surface area contributed by atoms with E-state index in [1.54, 1.807) is 0 Å². The molecule has 74 valence electrons. The lowest BCUT2D eigenvalue weighted by Gasteiger charge is -2.19. The van der Waals surface area contributed by atoms with Gasteiger partial charge in [-0.1, -0.05) is 20.8 Å². The minimum absolute atomic E-state index is 0.592. The zero-order valence-electron chi connectivity index (χ0n) is 9.02. The first-order valence-corrected chi connectivity index (χ1v) is 7.80. The van der Waals surface area contributed by atoms with Crippen LogP contribution in [0.1, 0.15) is 33.6 Å². The van der Waals surface area contributed by atoms with Crippen LogP contribution in [-0.2, 0) is 4.79 Å². The number of hydrogen-bond donors (Lipinski definition) is 0. The van der Waals surface area contributed by atoms with Crippen molar-refractivity contribution in [2.75, 3.05) is 0 Å². The van der Waals surface area contributed by atoms with Crippen LogP contribution in [0.2, 0.25) is 18.1 Å². The van der Waals surface area contributed by atoms with Gasteiger partial charge in [-0.3, -0.25) is 0 Å². The van der Waals surface area contributed by atoms with Gasteiger partial charge in [-0.25, -0.2) is 0 Å². The average Bonchev–Trinajstić information content (AvgIpc) is 2.20. The van der Waals surface area contributed by atoms with Crippen LogP contribution in [0.5, 0.6) is 0 Å². The lowest BCUT2D eigenvalue weighted by molar-refractivity contribution is -0.107. The maximum atomic E-state index is 10.1. The third kappa shape index (κ3) is 4.28. The summed E-state index contributed by atoms with van der Waals surface area (Å²) in [5.74, 6) is 3.16. The molecule has 0 rings (SSSR count). The first kappa shape index (κ1) is 12.4. The summed E-state index contributed by atoms with van der Waals surface area (Å²) < 4.78 is 0. The van der Waals surface area contributed by atoms with Gasteiger partial charge in [0, 0.05) is 12.8 Å². The molecule has 2 heteroatoms.